The molecule has 3 nitrogen and oxygen atoms in total. The van der Waals surface area contributed by atoms with Gasteiger partial charge in [-0.1, -0.05) is 27.2 Å². The lowest BCUT2D eigenvalue weighted by molar-refractivity contribution is -0.217. The second kappa shape index (κ2) is 5.14. The van der Waals surface area contributed by atoms with E-state index in [0.29, 0.717) is 5.41 Å². The van der Waals surface area contributed by atoms with Gasteiger partial charge in [0.05, 0.1) is 0 Å². The predicted molar refractivity (Wildman–Crippen MR) is 46.6 cm³/mol. The monoisotopic (exact) mass is 174 g/mol. The van der Waals surface area contributed by atoms with Crippen LogP contribution in [0.1, 0.15) is 40.0 Å². The van der Waals surface area contributed by atoms with Gasteiger partial charge in [-0.05, 0) is 24.2 Å². The van der Waals surface area contributed by atoms with Crippen molar-refractivity contribution in [3.8, 4) is 0 Å². The highest BCUT2D eigenvalue weighted by Gasteiger charge is 2.29. The van der Waals surface area contributed by atoms with Crippen molar-refractivity contribution in [1.82, 2.24) is 0 Å². The highest BCUT2D eigenvalue weighted by molar-refractivity contribution is 5.35. The lowest BCUT2D eigenvalue weighted by Gasteiger charge is -2.37. The van der Waals surface area contributed by atoms with Gasteiger partial charge in [0.15, 0.2) is 0 Å². The first kappa shape index (κ1) is 11.4. The largest absolute Gasteiger partial charge is 0.330 e. The third kappa shape index (κ3) is 4.34. The Morgan fingerprint density at radius 2 is 1.83 bits per heavy atom. The Kier molecular flexibility index (Phi) is 4.90. The minimum Gasteiger partial charge on any atom is -0.304 e. The third-order valence-corrected chi connectivity index (χ3v) is 2.37. The quantitative estimate of drug-likeness (QED) is 0.377. The number of rotatable bonds is 1. The smallest absolute Gasteiger partial charge is 0.304 e. The SMILES string of the molecule is CC(C)(C)C1CCC1.O=COO. The standard InChI is InChI=1S/C8H16.CH2O3/c1-8(2,3)7-5-4-6-7;2-1-4-3/h7H,4-6H2,1-3H3;1,3H. The molecule has 1 N–H and O–H groups in total. The topological polar surface area (TPSA) is 46.5 Å². The zero-order chi connectivity index (χ0) is 9.61. The summed E-state index contributed by atoms with van der Waals surface area (Å²) in [4.78, 5) is 11.6. The lowest BCUT2D eigenvalue weighted by Crippen LogP contribution is -2.26. The van der Waals surface area contributed by atoms with Crippen molar-refractivity contribution in [2.45, 2.75) is 40.0 Å². The summed E-state index contributed by atoms with van der Waals surface area (Å²) in [6, 6.07) is 0. The van der Waals surface area contributed by atoms with Crippen LogP contribution < -0.4 is 0 Å². The average molecular weight is 174 g/mol. The van der Waals surface area contributed by atoms with Crippen LogP contribution in [-0.4, -0.2) is 11.7 Å². The molecule has 1 rings (SSSR count). The van der Waals surface area contributed by atoms with E-state index in [1.165, 1.54) is 19.3 Å². The Hall–Kier alpha value is -0.570. The van der Waals surface area contributed by atoms with Crippen molar-refractivity contribution >= 4 is 6.47 Å². The molecule has 0 aromatic rings. The Morgan fingerprint density at radius 3 is 1.83 bits per heavy atom. The second-order valence-corrected chi connectivity index (χ2v) is 4.20. The highest BCUT2D eigenvalue weighted by Crippen LogP contribution is 2.40. The van der Waals surface area contributed by atoms with Crippen molar-refractivity contribution in [3.05, 3.63) is 0 Å². The normalized spacial score (nSPS) is 17.0. The van der Waals surface area contributed by atoms with Crippen molar-refractivity contribution < 1.29 is 14.9 Å². The maximum Gasteiger partial charge on any atom is 0.330 e. The van der Waals surface area contributed by atoms with E-state index in [9.17, 15) is 0 Å². The molecular weight excluding hydrogens is 156 g/mol. The van der Waals surface area contributed by atoms with Crippen molar-refractivity contribution in [1.29, 1.82) is 0 Å². The minimum absolute atomic E-state index is 0.0694. The van der Waals surface area contributed by atoms with E-state index in [4.69, 9.17) is 10.1 Å². The molecule has 72 valence electrons. The van der Waals surface area contributed by atoms with Crippen LogP contribution >= 0.6 is 0 Å². The van der Waals surface area contributed by atoms with E-state index in [1.54, 1.807) is 0 Å². The molecule has 1 fully saturated rings. The molecule has 3 heteroatoms. The van der Waals surface area contributed by atoms with E-state index in [1.807, 2.05) is 0 Å². The Labute approximate surface area is 73.7 Å². The Morgan fingerprint density at radius 1 is 1.42 bits per heavy atom. The molecule has 0 spiro atoms. The zero-order valence-corrected chi connectivity index (χ0v) is 8.04. The van der Waals surface area contributed by atoms with Gasteiger partial charge >= 0.3 is 6.47 Å². The molecule has 0 unspecified atom stereocenters. The summed E-state index contributed by atoms with van der Waals surface area (Å²) in [5.41, 5.74) is 0.595. The molecule has 0 bridgehead atoms. The van der Waals surface area contributed by atoms with Crippen molar-refractivity contribution in [3.63, 3.8) is 0 Å². The number of carbonyl (C=O) groups is 1. The summed E-state index contributed by atoms with van der Waals surface area (Å²) >= 11 is 0. The van der Waals surface area contributed by atoms with Crippen LogP contribution in [0, 0.1) is 11.3 Å². The van der Waals surface area contributed by atoms with Gasteiger partial charge in [0.1, 0.15) is 0 Å². The fourth-order valence-corrected chi connectivity index (χ4v) is 1.27. The van der Waals surface area contributed by atoms with Gasteiger partial charge in [-0.2, -0.15) is 0 Å². The molecule has 0 amide bonds. The van der Waals surface area contributed by atoms with E-state index < -0.39 is 0 Å². The van der Waals surface area contributed by atoms with Crippen molar-refractivity contribution in [2.75, 3.05) is 0 Å². The van der Waals surface area contributed by atoms with Gasteiger partial charge < -0.3 is 4.89 Å². The zero-order valence-electron chi connectivity index (χ0n) is 8.04. The fourth-order valence-electron chi connectivity index (χ4n) is 1.27. The molecule has 0 aromatic heterocycles. The molecule has 0 aliphatic heterocycles. The van der Waals surface area contributed by atoms with E-state index >= 15 is 0 Å². The lowest BCUT2D eigenvalue weighted by atomic mass is 9.69. The van der Waals surface area contributed by atoms with Crippen LogP contribution in [0.5, 0.6) is 0 Å². The molecule has 1 aliphatic carbocycles. The summed E-state index contributed by atoms with van der Waals surface area (Å²) < 4.78 is 0. The number of carbonyl (C=O) groups excluding carboxylic acids is 1. The van der Waals surface area contributed by atoms with E-state index in [-0.39, 0.29) is 6.47 Å². The predicted octanol–water partition coefficient (Wildman–Crippen LogP) is 2.46. The Balaban J connectivity index is 0.000000261. The molecule has 0 radical (unpaired) electrons. The first-order chi connectivity index (χ1) is 5.52. The Bertz CT molecular complexity index is 122. The molecule has 12 heavy (non-hydrogen) atoms. The van der Waals surface area contributed by atoms with Crippen LogP contribution in [0.3, 0.4) is 0 Å². The molecule has 0 heterocycles. The summed E-state index contributed by atoms with van der Waals surface area (Å²) in [6.07, 6.45) is 4.43. The highest BCUT2D eigenvalue weighted by atomic mass is 17.1. The van der Waals surface area contributed by atoms with Gasteiger partial charge in [-0.3, -0.25) is 4.79 Å². The molecule has 1 aliphatic rings. The third-order valence-electron chi connectivity index (χ3n) is 2.37. The minimum atomic E-state index is -0.0694. The van der Waals surface area contributed by atoms with Crippen LogP contribution in [0.4, 0.5) is 0 Å². The van der Waals surface area contributed by atoms with Crippen LogP contribution in [0.15, 0.2) is 0 Å². The summed E-state index contributed by atoms with van der Waals surface area (Å²) in [5.74, 6) is 1.03. The van der Waals surface area contributed by atoms with Gasteiger partial charge in [0.2, 0.25) is 0 Å². The van der Waals surface area contributed by atoms with Crippen LogP contribution in [0.25, 0.3) is 0 Å². The van der Waals surface area contributed by atoms with Gasteiger partial charge in [0, 0.05) is 0 Å². The van der Waals surface area contributed by atoms with Gasteiger partial charge in [-0.25, -0.2) is 5.26 Å². The molecule has 1 saturated carbocycles. The summed E-state index contributed by atoms with van der Waals surface area (Å²) in [7, 11) is 0. The number of hydrogen-bond acceptors (Lipinski definition) is 3. The molecule has 0 atom stereocenters. The molecule has 0 aromatic carbocycles. The maximum absolute atomic E-state index is 8.70. The second-order valence-electron chi connectivity index (χ2n) is 4.20. The first-order valence-electron chi connectivity index (χ1n) is 4.26. The molecule has 0 saturated heterocycles. The fraction of sp³-hybridized carbons (Fsp3) is 0.889. The molecular formula is C9H18O3. The van der Waals surface area contributed by atoms with E-state index in [0.717, 1.165) is 5.92 Å². The van der Waals surface area contributed by atoms with Gasteiger partial charge in [0.25, 0.3) is 0 Å². The van der Waals surface area contributed by atoms with Gasteiger partial charge in [-0.15, -0.1) is 0 Å². The summed E-state index contributed by atoms with van der Waals surface area (Å²) in [5, 5.41) is 7.01. The van der Waals surface area contributed by atoms with E-state index in [2.05, 4.69) is 25.7 Å². The summed E-state index contributed by atoms with van der Waals surface area (Å²) in [6.45, 7) is 6.96. The van der Waals surface area contributed by atoms with Crippen molar-refractivity contribution in [2.24, 2.45) is 11.3 Å². The maximum atomic E-state index is 8.70. The number of hydrogen-bond donors (Lipinski definition) is 1. The van der Waals surface area contributed by atoms with Crippen LogP contribution in [-0.2, 0) is 9.68 Å². The van der Waals surface area contributed by atoms with Crippen LogP contribution in [0.2, 0.25) is 0 Å². The average Bonchev–Trinajstić information content (AvgIpc) is 1.80. The first-order valence-corrected chi connectivity index (χ1v) is 4.26.